The van der Waals surface area contributed by atoms with Crippen LogP contribution in [0.1, 0.15) is 61.4 Å². The molecule has 3 aliphatic rings. The molecule has 4 nitrogen and oxygen atoms in total. The molecule has 5 rings (SSSR count). The molecule has 0 radical (unpaired) electrons. The van der Waals surface area contributed by atoms with Crippen LogP contribution in [0.25, 0.3) is 0 Å². The fourth-order valence-corrected chi connectivity index (χ4v) is 4.21. The molecule has 1 aromatic carbocycles. The van der Waals surface area contributed by atoms with Crippen LogP contribution in [0, 0.1) is 12.8 Å². The first-order valence-electron chi connectivity index (χ1n) is 10.7. The Hall–Kier alpha value is -2.10. The lowest BCUT2D eigenvalue weighted by atomic mass is 9.90. The fourth-order valence-electron chi connectivity index (χ4n) is 4.21. The zero-order chi connectivity index (χ0) is 18.2. The van der Waals surface area contributed by atoms with Gasteiger partial charge < -0.3 is 10.2 Å². The summed E-state index contributed by atoms with van der Waals surface area (Å²) in [5.74, 6) is 4.74. The van der Waals surface area contributed by atoms with Gasteiger partial charge in [-0.3, -0.25) is 0 Å². The molecule has 2 aromatic rings. The molecule has 3 fully saturated rings. The molecule has 2 heterocycles. The van der Waals surface area contributed by atoms with Crippen molar-refractivity contribution in [1.29, 1.82) is 0 Å². The number of hydrogen-bond donors (Lipinski definition) is 1. The Morgan fingerprint density at radius 2 is 1.70 bits per heavy atom. The zero-order valence-electron chi connectivity index (χ0n) is 16.3. The van der Waals surface area contributed by atoms with Crippen molar-refractivity contribution in [2.45, 2.75) is 63.8 Å². The zero-order valence-corrected chi connectivity index (χ0v) is 16.3. The minimum atomic E-state index is 0.597. The monoisotopic (exact) mass is 362 g/mol. The molecule has 2 aliphatic carbocycles. The maximum Gasteiger partial charge on any atom is 0.137 e. The van der Waals surface area contributed by atoms with Gasteiger partial charge in [-0.15, -0.1) is 0 Å². The number of nitrogens with zero attached hydrogens (tertiary/aromatic N) is 3. The first-order chi connectivity index (χ1) is 13.3. The highest BCUT2D eigenvalue weighted by Crippen LogP contribution is 2.41. The summed E-state index contributed by atoms with van der Waals surface area (Å²) in [5, 5.41) is 3.65. The Morgan fingerprint density at radius 1 is 0.963 bits per heavy atom. The van der Waals surface area contributed by atoms with Gasteiger partial charge in [0.15, 0.2) is 0 Å². The van der Waals surface area contributed by atoms with E-state index in [2.05, 4.69) is 47.5 Å². The molecule has 4 heteroatoms. The van der Waals surface area contributed by atoms with Gasteiger partial charge in [-0.05, 0) is 63.4 Å². The molecule has 1 aliphatic heterocycles. The number of rotatable bonds is 6. The van der Waals surface area contributed by atoms with E-state index < -0.39 is 0 Å². The van der Waals surface area contributed by atoms with Crippen LogP contribution in [0.2, 0.25) is 0 Å². The number of nitrogens with one attached hydrogen (secondary N) is 1. The average Bonchev–Trinajstić information content (AvgIpc) is 3.59. The maximum atomic E-state index is 5.03. The molecule has 27 heavy (non-hydrogen) atoms. The summed E-state index contributed by atoms with van der Waals surface area (Å²) in [5.41, 5.74) is 2.72. The van der Waals surface area contributed by atoms with Gasteiger partial charge in [-0.1, -0.05) is 30.3 Å². The van der Waals surface area contributed by atoms with E-state index >= 15 is 0 Å². The Balaban J connectivity index is 1.30. The van der Waals surface area contributed by atoms with E-state index in [0.717, 1.165) is 30.6 Å². The van der Waals surface area contributed by atoms with E-state index in [1.54, 1.807) is 0 Å². The van der Waals surface area contributed by atoms with Crippen molar-refractivity contribution in [3.8, 4) is 0 Å². The van der Waals surface area contributed by atoms with Gasteiger partial charge in [0.2, 0.25) is 0 Å². The highest BCUT2D eigenvalue weighted by Gasteiger charge is 2.31. The van der Waals surface area contributed by atoms with Gasteiger partial charge >= 0.3 is 0 Å². The summed E-state index contributed by atoms with van der Waals surface area (Å²) in [4.78, 5) is 12.4. The van der Waals surface area contributed by atoms with Crippen LogP contribution in [0.15, 0.2) is 30.3 Å². The fraction of sp³-hybridized carbons (Fsp3) is 0.565. The second-order valence-corrected chi connectivity index (χ2v) is 8.69. The lowest BCUT2D eigenvalue weighted by molar-refractivity contribution is 0.401. The Kier molecular flexibility index (Phi) is 4.50. The van der Waals surface area contributed by atoms with E-state index in [4.69, 9.17) is 9.97 Å². The van der Waals surface area contributed by atoms with Crippen LogP contribution >= 0.6 is 0 Å². The smallest absolute Gasteiger partial charge is 0.137 e. The van der Waals surface area contributed by atoms with E-state index in [0.29, 0.717) is 12.0 Å². The van der Waals surface area contributed by atoms with Gasteiger partial charge in [-0.2, -0.15) is 0 Å². The minimum absolute atomic E-state index is 0.597. The Morgan fingerprint density at radius 3 is 2.37 bits per heavy atom. The van der Waals surface area contributed by atoms with Crippen molar-refractivity contribution in [3.63, 3.8) is 0 Å². The van der Waals surface area contributed by atoms with Gasteiger partial charge in [-0.25, -0.2) is 9.97 Å². The minimum Gasteiger partial charge on any atom is -0.367 e. The highest BCUT2D eigenvalue weighted by molar-refractivity contribution is 5.60. The van der Waals surface area contributed by atoms with Crippen molar-refractivity contribution >= 4 is 11.6 Å². The quantitative estimate of drug-likeness (QED) is 0.809. The SMILES string of the molecule is Cc1c(NC2CC2)nc(C2CC2)nc1N1CCC(Cc2ccccc2)CC1. The molecule has 1 aromatic heterocycles. The summed E-state index contributed by atoms with van der Waals surface area (Å²) in [6.45, 7) is 4.43. The van der Waals surface area contributed by atoms with Crippen LogP contribution in [0.5, 0.6) is 0 Å². The van der Waals surface area contributed by atoms with E-state index in [1.807, 2.05) is 0 Å². The average molecular weight is 363 g/mol. The first kappa shape index (κ1) is 17.0. The molecular weight excluding hydrogens is 332 g/mol. The topological polar surface area (TPSA) is 41.1 Å². The van der Waals surface area contributed by atoms with Crippen LogP contribution in [-0.4, -0.2) is 29.1 Å². The van der Waals surface area contributed by atoms with E-state index in [9.17, 15) is 0 Å². The molecule has 0 amide bonds. The van der Waals surface area contributed by atoms with Crippen molar-refractivity contribution in [1.82, 2.24) is 9.97 Å². The summed E-state index contributed by atoms with van der Waals surface area (Å²) in [6, 6.07) is 11.6. The lowest BCUT2D eigenvalue weighted by Gasteiger charge is -2.34. The third kappa shape index (κ3) is 3.95. The Labute approximate surface area is 162 Å². The predicted molar refractivity (Wildman–Crippen MR) is 110 cm³/mol. The standard InChI is InChI=1S/C23H30N4/c1-16-21(24-20-9-10-20)25-22(19-7-8-19)26-23(16)27-13-11-18(12-14-27)15-17-5-3-2-4-6-17/h2-6,18-20H,7-15H2,1H3,(H,24,25,26). The number of benzene rings is 1. The molecule has 1 N–H and O–H groups in total. The lowest BCUT2D eigenvalue weighted by Crippen LogP contribution is -2.35. The van der Waals surface area contributed by atoms with Crippen molar-refractivity contribution in [2.75, 3.05) is 23.3 Å². The molecular formula is C23H30N4. The first-order valence-corrected chi connectivity index (χ1v) is 10.7. The van der Waals surface area contributed by atoms with Gasteiger partial charge in [0.25, 0.3) is 0 Å². The van der Waals surface area contributed by atoms with E-state index in [1.165, 1.54) is 61.9 Å². The number of anilines is 2. The van der Waals surface area contributed by atoms with Crippen LogP contribution in [0.3, 0.4) is 0 Å². The van der Waals surface area contributed by atoms with Gasteiger partial charge in [0, 0.05) is 30.6 Å². The largest absolute Gasteiger partial charge is 0.367 e. The molecule has 0 spiro atoms. The van der Waals surface area contributed by atoms with E-state index in [-0.39, 0.29) is 0 Å². The van der Waals surface area contributed by atoms with Crippen molar-refractivity contribution in [3.05, 3.63) is 47.3 Å². The maximum absolute atomic E-state index is 5.03. The van der Waals surface area contributed by atoms with Crippen molar-refractivity contribution in [2.24, 2.45) is 5.92 Å². The molecule has 0 unspecified atom stereocenters. The highest BCUT2D eigenvalue weighted by atomic mass is 15.2. The second-order valence-electron chi connectivity index (χ2n) is 8.69. The second kappa shape index (κ2) is 7.14. The normalized spacial score (nSPS) is 20.7. The molecule has 0 atom stereocenters. The number of aromatic nitrogens is 2. The van der Waals surface area contributed by atoms with Gasteiger partial charge in [0.1, 0.15) is 17.5 Å². The van der Waals surface area contributed by atoms with Crippen molar-refractivity contribution < 1.29 is 0 Å². The molecule has 2 saturated carbocycles. The summed E-state index contributed by atoms with van der Waals surface area (Å²) < 4.78 is 0. The number of hydrogen-bond acceptors (Lipinski definition) is 4. The third-order valence-electron chi connectivity index (χ3n) is 6.28. The van der Waals surface area contributed by atoms with Gasteiger partial charge in [0.05, 0.1) is 0 Å². The summed E-state index contributed by atoms with van der Waals surface area (Å²) >= 11 is 0. The summed E-state index contributed by atoms with van der Waals surface area (Å²) in [7, 11) is 0. The predicted octanol–water partition coefficient (Wildman–Crippen LogP) is 4.70. The van der Waals surface area contributed by atoms with Crippen LogP contribution < -0.4 is 10.2 Å². The third-order valence-corrected chi connectivity index (χ3v) is 6.28. The Bertz CT molecular complexity index is 788. The molecule has 142 valence electrons. The summed E-state index contributed by atoms with van der Waals surface area (Å²) in [6.07, 6.45) is 8.78. The molecule has 1 saturated heterocycles. The van der Waals surface area contributed by atoms with Crippen LogP contribution in [0.4, 0.5) is 11.6 Å². The molecule has 0 bridgehead atoms. The van der Waals surface area contributed by atoms with Crippen LogP contribution in [-0.2, 0) is 6.42 Å². The number of piperidine rings is 1.